The van der Waals surface area contributed by atoms with Crippen molar-refractivity contribution in [3.63, 3.8) is 0 Å². The highest BCUT2D eigenvalue weighted by atomic mass is 35.5. The van der Waals surface area contributed by atoms with E-state index in [1.54, 1.807) is 36.4 Å². The number of sulfonamides is 1. The lowest BCUT2D eigenvalue weighted by atomic mass is 10.1. The number of benzene rings is 3. The fourth-order valence-electron chi connectivity index (χ4n) is 3.70. The highest BCUT2D eigenvalue weighted by molar-refractivity contribution is 7.92. The number of rotatable bonds is 7. The van der Waals surface area contributed by atoms with Crippen LogP contribution in [0.2, 0.25) is 10.0 Å². The summed E-state index contributed by atoms with van der Waals surface area (Å²) in [6, 6.07) is 19.7. The van der Waals surface area contributed by atoms with Gasteiger partial charge in [0.25, 0.3) is 15.9 Å². The van der Waals surface area contributed by atoms with Crippen LogP contribution in [0, 0.1) is 11.3 Å². The fraction of sp³-hybridized carbons (Fsp3) is 0.154. The molecule has 3 aromatic carbocycles. The van der Waals surface area contributed by atoms with E-state index in [-0.39, 0.29) is 26.9 Å². The molecule has 1 aliphatic heterocycles. The fourth-order valence-corrected chi connectivity index (χ4v) is 5.19. The Morgan fingerprint density at radius 2 is 1.73 bits per heavy atom. The predicted octanol–water partition coefficient (Wildman–Crippen LogP) is 5.18. The summed E-state index contributed by atoms with van der Waals surface area (Å²) < 4.78 is 34.3. The van der Waals surface area contributed by atoms with Gasteiger partial charge in [0.05, 0.1) is 40.2 Å². The number of carbonyl (C=O) groups excluding carboxylic acids is 1. The van der Waals surface area contributed by atoms with Gasteiger partial charge in [0.15, 0.2) is 0 Å². The van der Waals surface area contributed by atoms with E-state index in [2.05, 4.69) is 10.0 Å². The molecule has 0 atom stereocenters. The van der Waals surface area contributed by atoms with Crippen LogP contribution in [0.25, 0.3) is 6.08 Å². The standard InChI is InChI=1S/C26H22Cl2N4O4S/c27-20-6-8-22(28)23(15-20)31-37(34,35)21-7-9-25(32-10-12-36-13-11-32)24(16-21)30-26(33)19(17-29)14-18-4-2-1-3-5-18/h1-9,14-16,31H,10-13H2,(H,30,33)/b19-14+. The number of hydrogen-bond acceptors (Lipinski definition) is 6. The molecule has 0 unspecified atom stereocenters. The number of nitriles is 1. The van der Waals surface area contributed by atoms with Crippen LogP contribution < -0.4 is 14.9 Å². The van der Waals surface area contributed by atoms with Crippen molar-refractivity contribution in [2.24, 2.45) is 0 Å². The van der Waals surface area contributed by atoms with Gasteiger partial charge in [-0.3, -0.25) is 9.52 Å². The third-order valence-electron chi connectivity index (χ3n) is 5.53. The number of amides is 1. The highest BCUT2D eigenvalue weighted by Crippen LogP contribution is 2.32. The number of nitrogens with one attached hydrogen (secondary N) is 2. The first-order valence-electron chi connectivity index (χ1n) is 11.2. The van der Waals surface area contributed by atoms with Crippen molar-refractivity contribution >= 4 is 62.3 Å². The molecule has 0 aromatic heterocycles. The topological polar surface area (TPSA) is 112 Å². The van der Waals surface area contributed by atoms with Gasteiger partial charge < -0.3 is 15.0 Å². The maximum atomic E-state index is 13.2. The zero-order chi connectivity index (χ0) is 26.4. The van der Waals surface area contributed by atoms with Crippen molar-refractivity contribution in [2.75, 3.05) is 41.2 Å². The van der Waals surface area contributed by atoms with Gasteiger partial charge in [-0.25, -0.2) is 8.42 Å². The second-order valence-electron chi connectivity index (χ2n) is 8.04. The van der Waals surface area contributed by atoms with Crippen molar-refractivity contribution < 1.29 is 17.9 Å². The lowest BCUT2D eigenvalue weighted by Gasteiger charge is -2.30. The Balaban J connectivity index is 1.69. The molecule has 0 spiro atoms. The van der Waals surface area contributed by atoms with Crippen molar-refractivity contribution in [2.45, 2.75) is 4.90 Å². The average Bonchev–Trinajstić information content (AvgIpc) is 2.90. The van der Waals surface area contributed by atoms with E-state index in [9.17, 15) is 18.5 Å². The quantitative estimate of drug-likeness (QED) is 0.306. The Labute approximate surface area is 225 Å². The van der Waals surface area contributed by atoms with E-state index in [0.717, 1.165) is 0 Å². The number of carbonyl (C=O) groups is 1. The molecule has 1 saturated heterocycles. The molecule has 2 N–H and O–H groups in total. The molecule has 3 aromatic rings. The Bertz CT molecular complexity index is 1480. The summed E-state index contributed by atoms with van der Waals surface area (Å²) in [5.74, 6) is -0.666. The monoisotopic (exact) mass is 556 g/mol. The molecular formula is C26H22Cl2N4O4S. The predicted molar refractivity (Wildman–Crippen MR) is 145 cm³/mol. The Morgan fingerprint density at radius 3 is 2.43 bits per heavy atom. The van der Waals surface area contributed by atoms with Gasteiger partial charge in [-0.1, -0.05) is 53.5 Å². The van der Waals surface area contributed by atoms with Crippen molar-refractivity contribution in [1.29, 1.82) is 5.26 Å². The molecule has 1 fully saturated rings. The van der Waals surface area contributed by atoms with Gasteiger partial charge in [0, 0.05) is 18.1 Å². The van der Waals surface area contributed by atoms with Crippen molar-refractivity contribution in [3.8, 4) is 6.07 Å². The van der Waals surface area contributed by atoms with E-state index < -0.39 is 15.9 Å². The Kier molecular flexibility index (Phi) is 8.36. The SMILES string of the molecule is N#C/C(=C\c1ccccc1)C(=O)Nc1cc(S(=O)(=O)Nc2cc(Cl)ccc2Cl)ccc1N1CCOCC1. The molecular weight excluding hydrogens is 535 g/mol. The number of morpholine rings is 1. The van der Waals surface area contributed by atoms with E-state index in [1.165, 1.54) is 30.3 Å². The first kappa shape index (κ1) is 26.5. The summed E-state index contributed by atoms with van der Waals surface area (Å²) in [6.45, 7) is 2.08. The second-order valence-corrected chi connectivity index (χ2v) is 10.6. The van der Waals surface area contributed by atoms with Crippen LogP contribution in [0.15, 0.2) is 77.2 Å². The van der Waals surface area contributed by atoms with Crippen LogP contribution in [0.4, 0.5) is 17.1 Å². The molecule has 1 aliphatic rings. The molecule has 1 heterocycles. The molecule has 1 amide bonds. The molecule has 0 saturated carbocycles. The van der Waals surface area contributed by atoms with Gasteiger partial charge in [-0.05, 0) is 48.0 Å². The van der Waals surface area contributed by atoms with Gasteiger partial charge in [-0.2, -0.15) is 5.26 Å². The lowest BCUT2D eigenvalue weighted by Crippen LogP contribution is -2.37. The molecule has 11 heteroatoms. The lowest BCUT2D eigenvalue weighted by molar-refractivity contribution is -0.112. The minimum Gasteiger partial charge on any atom is -0.378 e. The molecule has 4 rings (SSSR count). The average molecular weight is 557 g/mol. The van der Waals surface area contributed by atoms with Gasteiger partial charge in [-0.15, -0.1) is 0 Å². The van der Waals surface area contributed by atoms with Gasteiger partial charge >= 0.3 is 0 Å². The van der Waals surface area contributed by atoms with Crippen LogP contribution >= 0.6 is 23.2 Å². The molecule has 8 nitrogen and oxygen atoms in total. The molecule has 0 radical (unpaired) electrons. The summed E-state index contributed by atoms with van der Waals surface area (Å²) in [6.07, 6.45) is 1.47. The van der Waals surface area contributed by atoms with E-state index in [0.29, 0.717) is 42.6 Å². The van der Waals surface area contributed by atoms with E-state index in [4.69, 9.17) is 27.9 Å². The van der Waals surface area contributed by atoms with E-state index >= 15 is 0 Å². The number of halogens is 2. The largest absolute Gasteiger partial charge is 0.378 e. The number of nitrogens with zero attached hydrogens (tertiary/aromatic N) is 2. The highest BCUT2D eigenvalue weighted by Gasteiger charge is 2.23. The van der Waals surface area contributed by atoms with Crippen LogP contribution in [-0.4, -0.2) is 40.6 Å². The van der Waals surface area contributed by atoms with Crippen LogP contribution in [0.3, 0.4) is 0 Å². The molecule has 37 heavy (non-hydrogen) atoms. The summed E-state index contributed by atoms with van der Waals surface area (Å²) >= 11 is 12.1. The summed E-state index contributed by atoms with van der Waals surface area (Å²) in [7, 11) is -4.10. The van der Waals surface area contributed by atoms with Crippen molar-refractivity contribution in [3.05, 3.63) is 87.9 Å². The van der Waals surface area contributed by atoms with Gasteiger partial charge in [0.1, 0.15) is 11.6 Å². The molecule has 0 bridgehead atoms. The first-order chi connectivity index (χ1) is 17.8. The summed E-state index contributed by atoms with van der Waals surface area (Å²) in [5.41, 5.74) is 1.52. The Hall–Kier alpha value is -3.55. The smallest absolute Gasteiger partial charge is 0.266 e. The first-order valence-corrected chi connectivity index (χ1v) is 13.4. The number of ether oxygens (including phenoxy) is 1. The molecule has 0 aliphatic carbocycles. The number of anilines is 3. The normalized spacial score (nSPS) is 14.1. The summed E-state index contributed by atoms with van der Waals surface area (Å²) in [5, 5.41) is 12.8. The minimum atomic E-state index is -4.10. The van der Waals surface area contributed by atoms with E-state index in [1.807, 2.05) is 17.0 Å². The summed E-state index contributed by atoms with van der Waals surface area (Å²) in [4.78, 5) is 14.9. The zero-order valence-corrected chi connectivity index (χ0v) is 21.8. The zero-order valence-electron chi connectivity index (χ0n) is 19.4. The third kappa shape index (κ3) is 6.61. The molecule has 190 valence electrons. The number of hydrogen-bond donors (Lipinski definition) is 2. The van der Waals surface area contributed by atoms with Crippen LogP contribution in [0.1, 0.15) is 5.56 Å². The third-order valence-corrected chi connectivity index (χ3v) is 7.45. The maximum absolute atomic E-state index is 13.2. The van der Waals surface area contributed by atoms with Gasteiger partial charge in [0.2, 0.25) is 0 Å². The second kappa shape index (κ2) is 11.7. The van der Waals surface area contributed by atoms with Crippen LogP contribution in [0.5, 0.6) is 0 Å². The minimum absolute atomic E-state index is 0.110. The van der Waals surface area contributed by atoms with Crippen LogP contribution in [-0.2, 0) is 19.6 Å². The maximum Gasteiger partial charge on any atom is 0.266 e. The Morgan fingerprint density at radius 1 is 1.00 bits per heavy atom. The van der Waals surface area contributed by atoms with Crippen molar-refractivity contribution in [1.82, 2.24) is 0 Å².